The van der Waals surface area contributed by atoms with Gasteiger partial charge in [0.2, 0.25) is 0 Å². The second kappa shape index (κ2) is 3.10. The molecule has 1 aromatic carbocycles. The van der Waals surface area contributed by atoms with Gasteiger partial charge >= 0.3 is 85.6 Å². The van der Waals surface area contributed by atoms with Gasteiger partial charge in [-0.2, -0.15) is 0 Å². The van der Waals surface area contributed by atoms with Crippen LogP contribution in [0, 0.1) is 0 Å². The molecule has 3 nitrogen and oxygen atoms in total. The van der Waals surface area contributed by atoms with Crippen molar-refractivity contribution >= 4 is 39.3 Å². The number of rotatable bonds is 1. The summed E-state index contributed by atoms with van der Waals surface area (Å²) >= 11 is -0.251. The average Bonchev–Trinajstić information content (AvgIpc) is 2.47. The van der Waals surface area contributed by atoms with Gasteiger partial charge < -0.3 is 0 Å². The number of benzene rings is 1. The van der Waals surface area contributed by atoms with Crippen molar-refractivity contribution in [3.8, 4) is 0 Å². The minimum absolute atomic E-state index is 0.0229. The van der Waals surface area contributed by atoms with Crippen molar-refractivity contribution in [1.82, 2.24) is 0 Å². The van der Waals surface area contributed by atoms with Crippen molar-refractivity contribution in [2.45, 2.75) is 4.90 Å². The second-order valence-corrected chi connectivity index (χ2v) is 6.72. The van der Waals surface area contributed by atoms with Gasteiger partial charge in [-0.05, 0) is 0 Å². The summed E-state index contributed by atoms with van der Waals surface area (Å²) in [5.74, 6) is 0. The minimum atomic E-state index is -4.04. The van der Waals surface area contributed by atoms with E-state index < -0.39 is 10.1 Å². The van der Waals surface area contributed by atoms with E-state index in [1.165, 1.54) is 15.5 Å². The van der Waals surface area contributed by atoms with E-state index in [2.05, 4.69) is 4.08 Å². The first-order valence-corrected chi connectivity index (χ1v) is 7.47. The van der Waals surface area contributed by atoms with Crippen LogP contribution in [-0.2, 0) is 10.1 Å². The van der Waals surface area contributed by atoms with Crippen LogP contribution in [0.4, 0.5) is 0 Å². The first-order valence-electron chi connectivity index (χ1n) is 3.52. The van der Waals surface area contributed by atoms with Gasteiger partial charge in [0.1, 0.15) is 0 Å². The molecule has 2 rings (SSSR count). The molecule has 1 heterocycles. The Hall–Kier alpha value is -0.340. The van der Waals surface area contributed by atoms with E-state index in [0.29, 0.717) is 0 Å². The van der Waals surface area contributed by atoms with Crippen LogP contribution in [0.3, 0.4) is 0 Å². The third kappa shape index (κ3) is 1.79. The van der Waals surface area contributed by atoms with Crippen molar-refractivity contribution in [2.75, 3.05) is 0 Å². The summed E-state index contributed by atoms with van der Waals surface area (Å²) in [5, 5.41) is 0.928. The monoisotopic (exact) mass is 312 g/mol. The van der Waals surface area contributed by atoms with Gasteiger partial charge in [0.05, 0.1) is 0 Å². The van der Waals surface area contributed by atoms with E-state index in [1.807, 2.05) is 6.07 Å². The van der Waals surface area contributed by atoms with Crippen LogP contribution in [0.15, 0.2) is 33.2 Å². The molecule has 68 valence electrons. The van der Waals surface area contributed by atoms with Gasteiger partial charge in [0.15, 0.2) is 0 Å². The molecule has 5 heteroatoms. The molecular formula is C8H6O3STe. The number of hydrogen-bond acceptors (Lipinski definition) is 2. The van der Waals surface area contributed by atoms with Crippen molar-refractivity contribution in [2.24, 2.45) is 0 Å². The zero-order valence-electron chi connectivity index (χ0n) is 6.47. The maximum absolute atomic E-state index is 10.8. The zero-order valence-corrected chi connectivity index (χ0v) is 9.61. The van der Waals surface area contributed by atoms with Gasteiger partial charge in [-0.25, -0.2) is 0 Å². The molecule has 0 atom stereocenters. The Bertz CT molecular complexity index is 541. The molecule has 0 spiro atoms. The number of fused-ring (bicyclic) bond motifs is 1. The Morgan fingerprint density at radius 1 is 1.23 bits per heavy atom. The fourth-order valence-electron chi connectivity index (χ4n) is 1.11. The van der Waals surface area contributed by atoms with E-state index in [0.717, 1.165) is 5.39 Å². The van der Waals surface area contributed by atoms with E-state index in [-0.39, 0.29) is 25.3 Å². The van der Waals surface area contributed by atoms with Crippen molar-refractivity contribution in [3.05, 3.63) is 28.3 Å². The molecule has 0 amide bonds. The van der Waals surface area contributed by atoms with Gasteiger partial charge in [0.25, 0.3) is 0 Å². The summed E-state index contributed by atoms with van der Waals surface area (Å²) in [6.45, 7) is 0. The predicted octanol–water partition coefficient (Wildman–Crippen LogP) is 1.14. The van der Waals surface area contributed by atoms with E-state index >= 15 is 0 Å². The van der Waals surface area contributed by atoms with Crippen LogP contribution in [0.2, 0.25) is 0 Å². The summed E-state index contributed by atoms with van der Waals surface area (Å²) in [6, 6.07) is 6.65. The van der Waals surface area contributed by atoms with Crippen molar-refractivity contribution in [3.63, 3.8) is 0 Å². The van der Waals surface area contributed by atoms with E-state index in [1.54, 1.807) is 6.07 Å². The van der Waals surface area contributed by atoms with Crippen molar-refractivity contribution in [1.29, 1.82) is 0 Å². The Morgan fingerprint density at radius 2 is 2.00 bits per heavy atom. The molecule has 0 bridgehead atoms. The molecular weight excluding hydrogens is 304 g/mol. The summed E-state index contributed by atoms with van der Waals surface area (Å²) in [5.41, 5.74) is 0. The Labute approximate surface area is 85.4 Å². The van der Waals surface area contributed by atoms with Crippen LogP contribution in [0.25, 0.3) is 8.79 Å². The molecule has 2 aromatic rings. The first kappa shape index (κ1) is 9.22. The Balaban J connectivity index is 2.75. The van der Waals surface area contributed by atoms with Crippen LogP contribution in [-0.4, -0.2) is 33.4 Å². The normalized spacial score (nSPS) is 12.1. The summed E-state index contributed by atoms with van der Waals surface area (Å²) < 4.78 is 33.6. The third-order valence-corrected chi connectivity index (χ3v) is 5.13. The Morgan fingerprint density at radius 3 is 2.69 bits per heavy atom. The van der Waals surface area contributed by atoms with Gasteiger partial charge in [0, 0.05) is 0 Å². The molecule has 0 aliphatic heterocycles. The van der Waals surface area contributed by atoms with E-state index in [9.17, 15) is 8.42 Å². The first-order chi connectivity index (χ1) is 6.07. The Kier molecular flexibility index (Phi) is 2.20. The molecule has 0 aliphatic rings. The molecule has 0 saturated carbocycles. The van der Waals surface area contributed by atoms with Crippen LogP contribution in [0.1, 0.15) is 0 Å². The molecule has 0 radical (unpaired) electrons. The fourth-order valence-corrected chi connectivity index (χ4v) is 3.82. The molecule has 1 aromatic heterocycles. The van der Waals surface area contributed by atoms with Crippen LogP contribution in [0.5, 0.6) is 0 Å². The molecule has 0 unspecified atom stereocenters. The summed E-state index contributed by atoms with van der Waals surface area (Å²) in [4.78, 5) is -0.0229. The summed E-state index contributed by atoms with van der Waals surface area (Å²) in [7, 11) is -4.04. The maximum atomic E-state index is 10.8. The summed E-state index contributed by atoms with van der Waals surface area (Å²) in [6.07, 6.45) is 0. The van der Waals surface area contributed by atoms with Crippen LogP contribution >= 0.6 is 0 Å². The van der Waals surface area contributed by atoms with Gasteiger partial charge in [-0.3, -0.25) is 0 Å². The quantitative estimate of drug-likeness (QED) is 0.635. The molecule has 0 fully saturated rings. The predicted molar refractivity (Wildman–Crippen MR) is 50.7 cm³/mol. The zero-order chi connectivity index (χ0) is 9.47. The van der Waals surface area contributed by atoms with Gasteiger partial charge in [-0.1, -0.05) is 0 Å². The van der Waals surface area contributed by atoms with Crippen molar-refractivity contribution < 1.29 is 13.0 Å². The molecule has 0 aliphatic carbocycles. The SMILES string of the molecule is O=S(=O)(O)c1ccc2[te]ccc2c1. The standard InChI is InChI=1S/C8H6O3STe/c9-12(10,11)7-1-2-8-6(5-7)3-4-13-8/h1-5H,(H,9,10,11). The average molecular weight is 310 g/mol. The topological polar surface area (TPSA) is 54.4 Å². The number of hydrogen-bond donors (Lipinski definition) is 1. The molecule has 0 saturated heterocycles. The fraction of sp³-hybridized carbons (Fsp3) is 0. The molecule has 1 N–H and O–H groups in total. The van der Waals surface area contributed by atoms with Crippen LogP contribution < -0.4 is 0 Å². The second-order valence-electron chi connectivity index (χ2n) is 2.60. The third-order valence-electron chi connectivity index (χ3n) is 1.72. The van der Waals surface area contributed by atoms with Gasteiger partial charge in [-0.15, -0.1) is 0 Å². The molecule has 13 heavy (non-hydrogen) atoms. The van der Waals surface area contributed by atoms with E-state index in [4.69, 9.17) is 4.55 Å².